The van der Waals surface area contributed by atoms with Crippen LogP contribution in [0.25, 0.3) is 6.08 Å². The van der Waals surface area contributed by atoms with Crippen LogP contribution in [0.1, 0.15) is 5.56 Å². The number of quaternary nitrogens is 1. The standard InChI is InChI=1S/C12H10Cl2N2O2S/c13-8-2-1-7(9(14)6-8)5-10-11(17)16(4-3-15)12(18)19-10/h1-2,5-6H,3-4,15H2/p+1/b10-5-. The van der Waals surface area contributed by atoms with Gasteiger partial charge in [0.05, 0.1) is 18.0 Å². The van der Waals surface area contributed by atoms with Gasteiger partial charge in [-0.1, -0.05) is 29.3 Å². The summed E-state index contributed by atoms with van der Waals surface area (Å²) in [5.74, 6) is -0.301. The first-order valence-electron chi connectivity index (χ1n) is 5.52. The Labute approximate surface area is 124 Å². The number of carbonyl (C=O) groups is 2. The maximum atomic E-state index is 12.0. The zero-order valence-electron chi connectivity index (χ0n) is 9.86. The van der Waals surface area contributed by atoms with Crippen molar-refractivity contribution in [2.24, 2.45) is 0 Å². The third-order valence-corrected chi connectivity index (χ3v) is 3.97. The number of nitrogens with zero attached hydrogens (tertiary/aromatic N) is 1. The summed E-state index contributed by atoms with van der Waals surface area (Å²) in [6.07, 6.45) is 1.60. The number of imide groups is 1. The van der Waals surface area contributed by atoms with Crippen molar-refractivity contribution < 1.29 is 15.3 Å². The van der Waals surface area contributed by atoms with Crippen molar-refractivity contribution in [3.63, 3.8) is 0 Å². The van der Waals surface area contributed by atoms with E-state index in [0.29, 0.717) is 33.6 Å². The number of amides is 2. The molecule has 2 rings (SSSR count). The van der Waals surface area contributed by atoms with Gasteiger partial charge < -0.3 is 5.73 Å². The van der Waals surface area contributed by atoms with Gasteiger partial charge >= 0.3 is 0 Å². The maximum absolute atomic E-state index is 12.0. The smallest absolute Gasteiger partial charge is 0.293 e. The molecule has 1 fully saturated rings. The third kappa shape index (κ3) is 3.12. The molecule has 19 heavy (non-hydrogen) atoms. The van der Waals surface area contributed by atoms with E-state index in [-0.39, 0.29) is 11.1 Å². The van der Waals surface area contributed by atoms with Crippen molar-refractivity contribution in [1.82, 2.24) is 4.90 Å². The molecule has 7 heteroatoms. The van der Waals surface area contributed by atoms with Crippen molar-refractivity contribution in [1.29, 1.82) is 0 Å². The van der Waals surface area contributed by atoms with Crippen molar-refractivity contribution >= 4 is 52.2 Å². The molecule has 4 nitrogen and oxygen atoms in total. The number of rotatable bonds is 3. The topological polar surface area (TPSA) is 65.0 Å². The summed E-state index contributed by atoms with van der Waals surface area (Å²) >= 11 is 12.7. The van der Waals surface area contributed by atoms with Crippen LogP contribution in [-0.2, 0) is 4.79 Å². The Kier molecular flexibility index (Phi) is 4.52. The molecular weight excluding hydrogens is 307 g/mol. The van der Waals surface area contributed by atoms with Crippen molar-refractivity contribution in [2.75, 3.05) is 13.1 Å². The summed E-state index contributed by atoms with van der Waals surface area (Å²) in [5.41, 5.74) is 4.30. The van der Waals surface area contributed by atoms with E-state index in [2.05, 4.69) is 5.73 Å². The highest BCUT2D eigenvalue weighted by Gasteiger charge is 2.34. The summed E-state index contributed by atoms with van der Waals surface area (Å²) in [5, 5.41) is 0.689. The van der Waals surface area contributed by atoms with Gasteiger partial charge in [0.1, 0.15) is 0 Å². The van der Waals surface area contributed by atoms with Gasteiger partial charge in [-0.3, -0.25) is 14.5 Å². The summed E-state index contributed by atoms with van der Waals surface area (Å²) in [6, 6.07) is 4.98. The van der Waals surface area contributed by atoms with E-state index in [9.17, 15) is 9.59 Å². The van der Waals surface area contributed by atoms with Gasteiger partial charge in [-0.05, 0) is 35.5 Å². The molecule has 0 bridgehead atoms. The second-order valence-corrected chi connectivity index (χ2v) is 5.69. The molecule has 0 saturated carbocycles. The number of halogens is 2. The van der Waals surface area contributed by atoms with Gasteiger partial charge in [-0.15, -0.1) is 0 Å². The zero-order chi connectivity index (χ0) is 14.0. The Balaban J connectivity index is 2.30. The predicted molar refractivity (Wildman–Crippen MR) is 76.9 cm³/mol. The van der Waals surface area contributed by atoms with Crippen LogP contribution < -0.4 is 5.73 Å². The van der Waals surface area contributed by atoms with Crippen molar-refractivity contribution in [3.8, 4) is 0 Å². The van der Waals surface area contributed by atoms with Gasteiger partial charge in [-0.2, -0.15) is 0 Å². The molecule has 0 unspecified atom stereocenters. The molecule has 0 atom stereocenters. The molecule has 1 aliphatic rings. The molecular formula is C12H11Cl2N2O2S+. The van der Waals surface area contributed by atoms with Crippen molar-refractivity contribution in [3.05, 3.63) is 38.7 Å². The fourth-order valence-electron chi connectivity index (χ4n) is 1.61. The Morgan fingerprint density at radius 1 is 1.32 bits per heavy atom. The molecule has 0 radical (unpaired) electrons. The fourth-order valence-corrected chi connectivity index (χ4v) is 2.93. The minimum Gasteiger partial charge on any atom is -0.356 e. The maximum Gasteiger partial charge on any atom is 0.293 e. The molecule has 1 heterocycles. The van der Waals surface area contributed by atoms with Crippen LogP contribution in [0.4, 0.5) is 4.79 Å². The molecule has 1 saturated heterocycles. The molecule has 1 aromatic rings. The molecule has 0 aliphatic carbocycles. The lowest BCUT2D eigenvalue weighted by Crippen LogP contribution is -2.55. The van der Waals surface area contributed by atoms with E-state index in [0.717, 1.165) is 11.8 Å². The molecule has 100 valence electrons. The van der Waals surface area contributed by atoms with Gasteiger partial charge in [0.2, 0.25) is 0 Å². The summed E-state index contributed by atoms with van der Waals surface area (Å²) in [6.45, 7) is 0.823. The minimum absolute atomic E-state index is 0.273. The predicted octanol–water partition coefficient (Wildman–Crippen LogP) is 2.27. The van der Waals surface area contributed by atoms with Gasteiger partial charge in [0.25, 0.3) is 11.1 Å². The van der Waals surface area contributed by atoms with Crippen molar-refractivity contribution in [2.45, 2.75) is 0 Å². The number of benzene rings is 1. The largest absolute Gasteiger partial charge is 0.356 e. The van der Waals surface area contributed by atoms with Crippen LogP contribution in [0.5, 0.6) is 0 Å². The van der Waals surface area contributed by atoms with E-state index in [4.69, 9.17) is 23.2 Å². The van der Waals surface area contributed by atoms with Crippen LogP contribution in [-0.4, -0.2) is 29.1 Å². The van der Waals surface area contributed by atoms with Crippen LogP contribution >= 0.6 is 35.0 Å². The first kappa shape index (κ1) is 14.4. The van der Waals surface area contributed by atoms with Crippen LogP contribution in [0.3, 0.4) is 0 Å². The van der Waals surface area contributed by atoms with Gasteiger partial charge in [-0.25, -0.2) is 0 Å². The number of hydrogen-bond donors (Lipinski definition) is 1. The minimum atomic E-state index is -0.301. The van der Waals surface area contributed by atoms with Gasteiger partial charge in [0.15, 0.2) is 0 Å². The second-order valence-electron chi connectivity index (χ2n) is 3.85. The van der Waals surface area contributed by atoms with E-state index < -0.39 is 0 Å². The molecule has 0 spiro atoms. The normalized spacial score (nSPS) is 17.6. The number of hydrogen-bond acceptors (Lipinski definition) is 3. The number of thioether (sulfide) groups is 1. The lowest BCUT2D eigenvalue weighted by atomic mass is 10.2. The highest BCUT2D eigenvalue weighted by Crippen LogP contribution is 2.33. The monoisotopic (exact) mass is 317 g/mol. The highest BCUT2D eigenvalue weighted by molar-refractivity contribution is 8.18. The summed E-state index contributed by atoms with van der Waals surface area (Å²) < 4.78 is 0. The molecule has 0 aromatic heterocycles. The van der Waals surface area contributed by atoms with Crippen LogP contribution in [0.2, 0.25) is 10.0 Å². The Morgan fingerprint density at radius 3 is 2.68 bits per heavy atom. The molecule has 3 N–H and O–H groups in total. The molecule has 1 aromatic carbocycles. The van der Waals surface area contributed by atoms with E-state index in [1.165, 1.54) is 4.90 Å². The quantitative estimate of drug-likeness (QED) is 0.870. The summed E-state index contributed by atoms with van der Waals surface area (Å²) in [7, 11) is 0. The van der Waals surface area contributed by atoms with E-state index >= 15 is 0 Å². The highest BCUT2D eigenvalue weighted by atomic mass is 35.5. The first-order chi connectivity index (χ1) is 9.02. The van der Waals surface area contributed by atoms with E-state index in [1.54, 1.807) is 24.3 Å². The number of carbonyl (C=O) groups excluding carboxylic acids is 2. The fraction of sp³-hybridized carbons (Fsp3) is 0.167. The van der Waals surface area contributed by atoms with Gasteiger partial charge in [0, 0.05) is 10.0 Å². The first-order valence-corrected chi connectivity index (χ1v) is 7.10. The summed E-state index contributed by atoms with van der Waals surface area (Å²) in [4.78, 5) is 25.2. The molecule has 1 aliphatic heterocycles. The second kappa shape index (κ2) is 5.96. The Hall–Kier alpha value is -1.01. The third-order valence-electron chi connectivity index (χ3n) is 2.50. The lowest BCUT2D eigenvalue weighted by Gasteiger charge is -2.08. The average molecular weight is 318 g/mol. The average Bonchev–Trinajstić information content (AvgIpc) is 2.61. The Bertz CT molecular complexity index is 575. The van der Waals surface area contributed by atoms with Crippen LogP contribution in [0, 0.1) is 0 Å². The van der Waals surface area contributed by atoms with E-state index in [1.807, 2.05) is 0 Å². The SMILES string of the molecule is [NH3+]CCN1C(=O)S/C(=C\c2ccc(Cl)cc2Cl)C1=O. The molecule has 2 amide bonds. The zero-order valence-corrected chi connectivity index (χ0v) is 12.2. The Morgan fingerprint density at radius 2 is 2.05 bits per heavy atom. The lowest BCUT2D eigenvalue weighted by molar-refractivity contribution is -0.367. The van der Waals surface area contributed by atoms with Crippen LogP contribution in [0.15, 0.2) is 23.1 Å².